The van der Waals surface area contributed by atoms with Crippen molar-refractivity contribution in [1.82, 2.24) is 5.32 Å². The molecule has 5 heteroatoms. The van der Waals surface area contributed by atoms with Crippen LogP contribution in [0.4, 0.5) is 0 Å². The Kier molecular flexibility index (Phi) is 4.95. The molecular weight excluding hydrogens is 266 g/mol. The van der Waals surface area contributed by atoms with E-state index in [-0.39, 0.29) is 5.91 Å². The van der Waals surface area contributed by atoms with Crippen LogP contribution in [0, 0.1) is 5.41 Å². The summed E-state index contributed by atoms with van der Waals surface area (Å²) < 4.78 is 4.72. The lowest BCUT2D eigenvalue weighted by molar-refractivity contribution is -0.145. The van der Waals surface area contributed by atoms with Crippen molar-refractivity contribution in [1.29, 1.82) is 0 Å². The predicted molar refractivity (Wildman–Crippen MR) is 74.2 cm³/mol. The van der Waals surface area contributed by atoms with Crippen molar-refractivity contribution in [2.45, 2.75) is 26.8 Å². The average molecular weight is 284 g/mol. The SMILES string of the molecule is COC(=O)[C@@H](NC(=O)c1cccc(Cl)c1)C(C)(C)C. The molecule has 4 nitrogen and oxygen atoms in total. The van der Waals surface area contributed by atoms with E-state index < -0.39 is 17.4 Å². The summed E-state index contributed by atoms with van der Waals surface area (Å²) in [5.74, 6) is -0.823. The molecular formula is C14H18ClNO3. The van der Waals surface area contributed by atoms with Crippen molar-refractivity contribution < 1.29 is 14.3 Å². The number of ether oxygens (including phenoxy) is 1. The van der Waals surface area contributed by atoms with Gasteiger partial charge in [0.2, 0.25) is 0 Å². The lowest BCUT2D eigenvalue weighted by Crippen LogP contribution is -2.49. The molecule has 1 amide bonds. The van der Waals surface area contributed by atoms with E-state index in [2.05, 4.69) is 5.32 Å². The number of benzene rings is 1. The number of hydrogen-bond donors (Lipinski definition) is 1. The topological polar surface area (TPSA) is 55.4 Å². The monoisotopic (exact) mass is 283 g/mol. The van der Waals surface area contributed by atoms with Crippen LogP contribution in [0.1, 0.15) is 31.1 Å². The highest BCUT2D eigenvalue weighted by atomic mass is 35.5. The fourth-order valence-electron chi connectivity index (χ4n) is 1.59. The van der Waals surface area contributed by atoms with E-state index in [0.717, 1.165) is 0 Å². The number of carbonyl (C=O) groups excluding carboxylic acids is 2. The molecule has 19 heavy (non-hydrogen) atoms. The zero-order chi connectivity index (χ0) is 14.6. The van der Waals surface area contributed by atoms with Crippen LogP contribution in [0.5, 0.6) is 0 Å². The molecule has 0 saturated heterocycles. The molecule has 1 N–H and O–H groups in total. The van der Waals surface area contributed by atoms with Gasteiger partial charge in [-0.25, -0.2) is 4.79 Å². The fourth-order valence-corrected chi connectivity index (χ4v) is 1.78. The van der Waals surface area contributed by atoms with Crippen molar-refractivity contribution in [2.75, 3.05) is 7.11 Å². The Bertz CT molecular complexity index is 480. The number of nitrogens with one attached hydrogen (secondary N) is 1. The van der Waals surface area contributed by atoms with Crippen LogP contribution in [0.2, 0.25) is 5.02 Å². The number of rotatable bonds is 3. The van der Waals surface area contributed by atoms with Gasteiger partial charge < -0.3 is 10.1 Å². The fraction of sp³-hybridized carbons (Fsp3) is 0.429. The van der Waals surface area contributed by atoms with Gasteiger partial charge >= 0.3 is 5.97 Å². The largest absolute Gasteiger partial charge is 0.467 e. The van der Waals surface area contributed by atoms with Gasteiger partial charge in [-0.2, -0.15) is 0 Å². The Balaban J connectivity index is 2.91. The molecule has 0 fully saturated rings. The molecule has 0 spiro atoms. The number of amides is 1. The first-order chi connectivity index (χ1) is 8.75. The summed E-state index contributed by atoms with van der Waals surface area (Å²) in [5, 5.41) is 3.15. The molecule has 0 aromatic heterocycles. The summed E-state index contributed by atoms with van der Waals surface area (Å²) in [5.41, 5.74) is -0.0351. The first-order valence-electron chi connectivity index (χ1n) is 5.90. The van der Waals surface area contributed by atoms with Crippen LogP contribution in [-0.4, -0.2) is 25.0 Å². The highest BCUT2D eigenvalue weighted by molar-refractivity contribution is 6.30. The normalized spacial score (nSPS) is 12.7. The summed E-state index contributed by atoms with van der Waals surface area (Å²) in [6, 6.07) is 5.83. The van der Waals surface area contributed by atoms with Gasteiger partial charge in [-0.3, -0.25) is 4.79 Å². The third kappa shape index (κ3) is 4.24. The maximum absolute atomic E-state index is 12.1. The lowest BCUT2D eigenvalue weighted by Gasteiger charge is -2.29. The lowest BCUT2D eigenvalue weighted by atomic mass is 9.86. The molecule has 1 aromatic rings. The zero-order valence-electron chi connectivity index (χ0n) is 11.5. The third-order valence-corrected chi connectivity index (χ3v) is 2.90. The Labute approximate surface area is 118 Å². The molecule has 0 unspecified atom stereocenters. The summed E-state index contributed by atoms with van der Waals surface area (Å²) in [4.78, 5) is 23.8. The van der Waals surface area contributed by atoms with E-state index in [1.54, 1.807) is 24.3 Å². The number of halogens is 1. The molecule has 0 bridgehead atoms. The second-order valence-electron chi connectivity index (χ2n) is 5.31. The Morgan fingerprint density at radius 1 is 1.32 bits per heavy atom. The Morgan fingerprint density at radius 3 is 2.42 bits per heavy atom. The predicted octanol–water partition coefficient (Wildman–Crippen LogP) is 2.66. The first kappa shape index (κ1) is 15.5. The second kappa shape index (κ2) is 6.06. The minimum Gasteiger partial charge on any atom is -0.467 e. The smallest absolute Gasteiger partial charge is 0.328 e. The molecule has 1 atom stereocenters. The van der Waals surface area contributed by atoms with E-state index in [9.17, 15) is 9.59 Å². The van der Waals surface area contributed by atoms with Crippen LogP contribution >= 0.6 is 11.6 Å². The standard InChI is InChI=1S/C14H18ClNO3/c1-14(2,3)11(13(18)19-4)16-12(17)9-6-5-7-10(15)8-9/h5-8,11H,1-4H3,(H,16,17)/t11-/m1/s1. The van der Waals surface area contributed by atoms with Crippen LogP contribution in [0.15, 0.2) is 24.3 Å². The van der Waals surface area contributed by atoms with Crippen LogP contribution in [-0.2, 0) is 9.53 Å². The van der Waals surface area contributed by atoms with E-state index >= 15 is 0 Å². The van der Waals surface area contributed by atoms with Gasteiger partial charge in [-0.1, -0.05) is 38.4 Å². The summed E-state index contributed by atoms with van der Waals surface area (Å²) in [6.45, 7) is 5.56. The van der Waals surface area contributed by atoms with Gasteiger partial charge in [0, 0.05) is 10.6 Å². The first-order valence-corrected chi connectivity index (χ1v) is 6.27. The molecule has 0 radical (unpaired) electrons. The van der Waals surface area contributed by atoms with Crippen molar-refractivity contribution in [3.63, 3.8) is 0 Å². The van der Waals surface area contributed by atoms with Crippen LogP contribution in [0.3, 0.4) is 0 Å². The van der Waals surface area contributed by atoms with Gasteiger partial charge in [0.05, 0.1) is 7.11 Å². The van der Waals surface area contributed by atoms with E-state index in [1.165, 1.54) is 7.11 Å². The molecule has 104 valence electrons. The number of methoxy groups -OCH3 is 1. The highest BCUT2D eigenvalue weighted by Crippen LogP contribution is 2.21. The zero-order valence-corrected chi connectivity index (χ0v) is 12.2. The van der Waals surface area contributed by atoms with Crippen LogP contribution in [0.25, 0.3) is 0 Å². The van der Waals surface area contributed by atoms with Crippen LogP contribution < -0.4 is 5.32 Å². The molecule has 0 aliphatic rings. The third-order valence-electron chi connectivity index (χ3n) is 2.67. The molecule has 1 aromatic carbocycles. The maximum atomic E-state index is 12.1. The van der Waals surface area contributed by atoms with Crippen molar-refractivity contribution >= 4 is 23.5 Å². The van der Waals surface area contributed by atoms with E-state index in [0.29, 0.717) is 10.6 Å². The van der Waals surface area contributed by atoms with Gasteiger partial charge in [-0.05, 0) is 23.6 Å². The second-order valence-corrected chi connectivity index (χ2v) is 5.74. The molecule has 0 saturated carbocycles. The average Bonchev–Trinajstić information content (AvgIpc) is 2.33. The molecule has 1 rings (SSSR count). The van der Waals surface area contributed by atoms with Gasteiger partial charge in [0.15, 0.2) is 0 Å². The Hall–Kier alpha value is -1.55. The number of hydrogen-bond acceptors (Lipinski definition) is 3. The highest BCUT2D eigenvalue weighted by Gasteiger charge is 2.33. The van der Waals surface area contributed by atoms with E-state index in [1.807, 2.05) is 20.8 Å². The van der Waals surface area contributed by atoms with Crippen molar-refractivity contribution in [3.8, 4) is 0 Å². The van der Waals surface area contributed by atoms with Crippen molar-refractivity contribution in [3.05, 3.63) is 34.9 Å². The Morgan fingerprint density at radius 2 is 1.95 bits per heavy atom. The van der Waals surface area contributed by atoms with Gasteiger partial charge in [0.1, 0.15) is 6.04 Å². The van der Waals surface area contributed by atoms with Crippen molar-refractivity contribution in [2.24, 2.45) is 5.41 Å². The van der Waals surface area contributed by atoms with Gasteiger partial charge in [0.25, 0.3) is 5.91 Å². The molecule has 0 heterocycles. The quantitative estimate of drug-likeness (QED) is 0.868. The summed E-state index contributed by atoms with van der Waals surface area (Å²) >= 11 is 5.83. The van der Waals surface area contributed by atoms with Gasteiger partial charge in [-0.15, -0.1) is 0 Å². The number of carbonyl (C=O) groups is 2. The molecule has 0 aliphatic heterocycles. The van der Waals surface area contributed by atoms with E-state index in [4.69, 9.17) is 16.3 Å². The number of esters is 1. The molecule has 0 aliphatic carbocycles. The summed E-state index contributed by atoms with van der Waals surface area (Å²) in [7, 11) is 1.30. The maximum Gasteiger partial charge on any atom is 0.328 e. The summed E-state index contributed by atoms with van der Waals surface area (Å²) in [6.07, 6.45) is 0. The minimum absolute atomic E-state index is 0.354. The minimum atomic E-state index is -0.719.